The molecule has 7 heteroatoms. The third-order valence-corrected chi connectivity index (χ3v) is 4.81. The molecule has 0 aliphatic carbocycles. The van der Waals surface area contributed by atoms with Crippen LogP contribution in [0.2, 0.25) is 5.15 Å². The zero-order valence-corrected chi connectivity index (χ0v) is 16.9. The van der Waals surface area contributed by atoms with Gasteiger partial charge in [-0.1, -0.05) is 11.6 Å². The highest BCUT2D eigenvalue weighted by molar-refractivity contribution is 6.29. The summed E-state index contributed by atoms with van der Waals surface area (Å²) in [5.41, 5.74) is 0.894. The van der Waals surface area contributed by atoms with Crippen LogP contribution in [-0.4, -0.2) is 32.1 Å². The van der Waals surface area contributed by atoms with E-state index in [2.05, 4.69) is 29.1 Å². The summed E-state index contributed by atoms with van der Waals surface area (Å²) in [6.45, 7) is 10.3. The number of fused-ring (bicyclic) bond motifs is 1. The van der Waals surface area contributed by atoms with Crippen molar-refractivity contribution in [3.63, 3.8) is 0 Å². The number of ether oxygens (including phenoxy) is 1. The maximum Gasteiger partial charge on any atom is 0.229 e. The Morgan fingerprint density at radius 3 is 2.77 bits per heavy atom. The number of rotatable bonds is 3. The van der Waals surface area contributed by atoms with E-state index in [9.17, 15) is 4.79 Å². The van der Waals surface area contributed by atoms with Crippen molar-refractivity contribution in [1.29, 1.82) is 0 Å². The normalized spacial score (nSPS) is 20.3. The number of halogens is 1. The fourth-order valence-corrected chi connectivity index (χ4v) is 3.65. The molecule has 3 heterocycles. The summed E-state index contributed by atoms with van der Waals surface area (Å²) in [6, 6.07) is 3.52. The summed E-state index contributed by atoms with van der Waals surface area (Å²) in [5.74, 6) is 0.391. The Balaban J connectivity index is 1.83. The predicted octanol–water partition coefficient (Wildman–Crippen LogP) is 4.52. The number of carbonyl (C=O) groups is 1. The minimum atomic E-state index is -0.307. The molecule has 0 bridgehead atoms. The van der Waals surface area contributed by atoms with Crippen LogP contribution in [0.4, 0.5) is 5.95 Å². The van der Waals surface area contributed by atoms with Crippen molar-refractivity contribution in [2.24, 2.45) is 0 Å². The Hall–Kier alpha value is -1.66. The minimum Gasteiger partial charge on any atom is -0.372 e. The summed E-state index contributed by atoms with van der Waals surface area (Å²) >= 11 is 6.06. The number of amides is 1. The highest BCUT2D eigenvalue weighted by Crippen LogP contribution is 2.31. The monoisotopic (exact) mass is 378 g/mol. The fraction of sp³-hybridized carbons (Fsp3) is 0.632. The molecule has 1 aliphatic rings. The van der Waals surface area contributed by atoms with E-state index in [0.29, 0.717) is 28.7 Å². The molecular formula is C19H27ClN4O2. The zero-order valence-electron chi connectivity index (χ0n) is 16.1. The molecule has 1 fully saturated rings. The second-order valence-electron chi connectivity index (χ2n) is 8.56. The number of imidazole rings is 1. The largest absolute Gasteiger partial charge is 0.372 e. The van der Waals surface area contributed by atoms with Gasteiger partial charge in [0.05, 0.1) is 18.1 Å². The minimum absolute atomic E-state index is 0.0567. The van der Waals surface area contributed by atoms with Gasteiger partial charge in [0.1, 0.15) is 10.7 Å². The van der Waals surface area contributed by atoms with E-state index in [4.69, 9.17) is 16.3 Å². The molecule has 3 rings (SSSR count). The molecule has 6 nitrogen and oxygen atoms in total. The molecule has 1 aliphatic heterocycles. The van der Waals surface area contributed by atoms with Crippen LogP contribution in [0.5, 0.6) is 0 Å². The van der Waals surface area contributed by atoms with Gasteiger partial charge in [-0.15, -0.1) is 0 Å². The molecule has 0 spiro atoms. The molecule has 0 aromatic carbocycles. The first-order valence-electron chi connectivity index (χ1n) is 9.08. The molecule has 1 atom stereocenters. The Morgan fingerprint density at radius 1 is 1.38 bits per heavy atom. The third kappa shape index (κ3) is 4.18. The summed E-state index contributed by atoms with van der Waals surface area (Å²) in [6.07, 6.45) is 3.28. The van der Waals surface area contributed by atoms with Gasteiger partial charge in [-0.2, -0.15) is 0 Å². The third-order valence-electron chi connectivity index (χ3n) is 4.60. The average molecular weight is 379 g/mol. The van der Waals surface area contributed by atoms with Crippen molar-refractivity contribution in [3.05, 3.63) is 17.3 Å². The van der Waals surface area contributed by atoms with Gasteiger partial charge in [0.15, 0.2) is 5.65 Å². The van der Waals surface area contributed by atoms with Gasteiger partial charge in [-0.3, -0.25) is 14.7 Å². The van der Waals surface area contributed by atoms with E-state index in [-0.39, 0.29) is 23.2 Å². The van der Waals surface area contributed by atoms with E-state index >= 15 is 0 Å². The van der Waals surface area contributed by atoms with Gasteiger partial charge in [0.25, 0.3) is 0 Å². The molecule has 26 heavy (non-hydrogen) atoms. The first kappa shape index (κ1) is 19.1. The second-order valence-corrected chi connectivity index (χ2v) is 8.95. The number of anilines is 1. The molecule has 2 aromatic heterocycles. The van der Waals surface area contributed by atoms with Crippen molar-refractivity contribution in [3.8, 4) is 0 Å². The van der Waals surface area contributed by atoms with Crippen LogP contribution < -0.4 is 5.32 Å². The van der Waals surface area contributed by atoms with Crippen LogP contribution in [0.1, 0.15) is 60.3 Å². The van der Waals surface area contributed by atoms with E-state index < -0.39 is 0 Å². The Morgan fingerprint density at radius 2 is 2.12 bits per heavy atom. The number of aromatic nitrogens is 3. The van der Waals surface area contributed by atoms with Gasteiger partial charge in [-0.05, 0) is 66.0 Å². The molecule has 142 valence electrons. The lowest BCUT2D eigenvalue weighted by Gasteiger charge is -2.35. The summed E-state index contributed by atoms with van der Waals surface area (Å²) in [4.78, 5) is 21.6. The van der Waals surface area contributed by atoms with Gasteiger partial charge in [0, 0.05) is 5.54 Å². The molecule has 0 saturated carbocycles. The van der Waals surface area contributed by atoms with Crippen LogP contribution in [0.3, 0.4) is 0 Å². The molecular weight excluding hydrogens is 352 g/mol. The summed E-state index contributed by atoms with van der Waals surface area (Å²) in [7, 11) is 0. The maximum absolute atomic E-state index is 12.6. The lowest BCUT2D eigenvalue weighted by molar-refractivity contribution is -0.131. The summed E-state index contributed by atoms with van der Waals surface area (Å²) < 4.78 is 7.95. The smallest absolute Gasteiger partial charge is 0.229 e. The number of nitrogens with one attached hydrogen (secondary N) is 1. The number of carbonyl (C=O) groups excluding carboxylic acids is 1. The Kier molecular flexibility index (Phi) is 5.01. The quantitative estimate of drug-likeness (QED) is 0.797. The van der Waals surface area contributed by atoms with E-state index in [1.54, 1.807) is 6.07 Å². The van der Waals surface area contributed by atoms with Crippen molar-refractivity contribution in [2.45, 2.75) is 77.5 Å². The predicted molar refractivity (Wildman–Crippen MR) is 104 cm³/mol. The van der Waals surface area contributed by atoms with Gasteiger partial charge >= 0.3 is 0 Å². The number of pyridine rings is 1. The first-order valence-corrected chi connectivity index (χ1v) is 9.46. The van der Waals surface area contributed by atoms with Crippen LogP contribution in [0, 0.1) is 0 Å². The molecule has 0 radical (unpaired) electrons. The number of hydrogen-bond donors (Lipinski definition) is 1. The first-order chi connectivity index (χ1) is 12.0. The molecule has 1 unspecified atom stereocenters. The SMILES string of the molecule is CC1(C)CCCC(CC(=O)Nc2nc3ccc(Cl)nc3n2C(C)(C)C)O1. The van der Waals surface area contributed by atoms with Crippen LogP contribution in [0.15, 0.2) is 12.1 Å². The molecule has 1 amide bonds. The second kappa shape index (κ2) is 6.82. The molecule has 1 saturated heterocycles. The van der Waals surface area contributed by atoms with Crippen molar-refractivity contribution in [2.75, 3.05) is 5.32 Å². The fourth-order valence-electron chi connectivity index (χ4n) is 3.50. The number of nitrogens with zero attached hydrogens (tertiary/aromatic N) is 3. The van der Waals surface area contributed by atoms with E-state index in [1.165, 1.54) is 0 Å². The van der Waals surface area contributed by atoms with Crippen molar-refractivity contribution < 1.29 is 9.53 Å². The van der Waals surface area contributed by atoms with Crippen LogP contribution in [0.25, 0.3) is 11.2 Å². The molecule has 1 N–H and O–H groups in total. The summed E-state index contributed by atoms with van der Waals surface area (Å²) in [5, 5.41) is 3.35. The standard InChI is InChI=1S/C19H27ClN4O2/c1-18(2,3)24-16-13(8-9-14(20)22-16)21-17(24)23-15(25)11-12-7-6-10-19(4,5)26-12/h8-9,12H,6-7,10-11H2,1-5H3,(H,21,23,25). The highest BCUT2D eigenvalue weighted by Gasteiger charge is 2.30. The lowest BCUT2D eigenvalue weighted by Crippen LogP contribution is -2.37. The van der Waals surface area contributed by atoms with E-state index in [1.807, 2.05) is 31.4 Å². The van der Waals surface area contributed by atoms with Crippen molar-refractivity contribution in [1.82, 2.24) is 14.5 Å². The highest BCUT2D eigenvalue weighted by atomic mass is 35.5. The maximum atomic E-state index is 12.6. The topological polar surface area (TPSA) is 69.0 Å². The zero-order chi connectivity index (χ0) is 19.1. The van der Waals surface area contributed by atoms with Gasteiger partial charge in [0.2, 0.25) is 11.9 Å². The average Bonchev–Trinajstić information content (AvgIpc) is 2.82. The van der Waals surface area contributed by atoms with Crippen molar-refractivity contribution >= 4 is 34.6 Å². The van der Waals surface area contributed by atoms with E-state index in [0.717, 1.165) is 19.3 Å². The number of hydrogen-bond acceptors (Lipinski definition) is 4. The van der Waals surface area contributed by atoms with Gasteiger partial charge < -0.3 is 4.74 Å². The molecule has 2 aromatic rings. The van der Waals surface area contributed by atoms with Crippen LogP contribution >= 0.6 is 11.6 Å². The van der Waals surface area contributed by atoms with Gasteiger partial charge in [-0.25, -0.2) is 9.97 Å². The Labute approximate surface area is 159 Å². The van der Waals surface area contributed by atoms with Crippen LogP contribution in [-0.2, 0) is 15.1 Å². The Bertz CT molecular complexity index is 823. The lowest BCUT2D eigenvalue weighted by atomic mass is 9.94.